The minimum atomic E-state index is -0.0898. The molecule has 2 aromatic carbocycles. The smallest absolute Gasteiger partial charge is 0.241 e. The van der Waals surface area contributed by atoms with Gasteiger partial charge in [-0.25, -0.2) is 0 Å². The van der Waals surface area contributed by atoms with E-state index >= 15 is 0 Å². The Morgan fingerprint density at radius 3 is 1.92 bits per heavy atom. The number of nitrogens with zero attached hydrogens (tertiary/aromatic N) is 1. The van der Waals surface area contributed by atoms with Crippen LogP contribution in [0.4, 0.5) is 0 Å². The van der Waals surface area contributed by atoms with Gasteiger partial charge in [-0.05, 0) is 30.4 Å². The standard InChI is InChI=1S/C22H26N2O2/c25-21(23-17-22(26)24-14-8-3-9-15-24)16-20(18-10-4-1-5-11-18)19-12-6-2-7-13-19/h1-2,4-7,10-13,20H,3,8-9,14-17H2,(H,23,25). The Kier molecular flexibility index (Phi) is 6.42. The molecule has 2 amide bonds. The number of rotatable bonds is 6. The Hall–Kier alpha value is -2.62. The summed E-state index contributed by atoms with van der Waals surface area (Å²) in [5.74, 6) is -0.0791. The third-order valence-electron chi connectivity index (χ3n) is 4.94. The first-order valence-electron chi connectivity index (χ1n) is 9.38. The molecular weight excluding hydrogens is 324 g/mol. The molecule has 0 aliphatic carbocycles. The van der Waals surface area contributed by atoms with Gasteiger partial charge in [-0.3, -0.25) is 9.59 Å². The van der Waals surface area contributed by atoms with Crippen LogP contribution in [0.25, 0.3) is 0 Å². The number of hydrogen-bond donors (Lipinski definition) is 1. The first kappa shape index (κ1) is 18.2. The van der Waals surface area contributed by atoms with Crippen LogP contribution in [-0.4, -0.2) is 36.3 Å². The molecule has 0 atom stereocenters. The first-order valence-corrected chi connectivity index (χ1v) is 9.38. The van der Waals surface area contributed by atoms with Gasteiger partial charge in [0.1, 0.15) is 0 Å². The molecule has 0 radical (unpaired) electrons. The van der Waals surface area contributed by atoms with Crippen LogP contribution >= 0.6 is 0 Å². The summed E-state index contributed by atoms with van der Waals surface area (Å²) in [6.07, 6.45) is 3.64. The summed E-state index contributed by atoms with van der Waals surface area (Å²) in [4.78, 5) is 26.6. The Labute approximate surface area is 155 Å². The van der Waals surface area contributed by atoms with Crippen molar-refractivity contribution in [2.24, 2.45) is 0 Å². The molecule has 1 N–H and O–H groups in total. The van der Waals surface area contributed by atoms with Crippen molar-refractivity contribution in [3.63, 3.8) is 0 Å². The number of amides is 2. The van der Waals surface area contributed by atoms with E-state index < -0.39 is 0 Å². The maximum atomic E-state index is 12.5. The van der Waals surface area contributed by atoms with Gasteiger partial charge in [0.25, 0.3) is 0 Å². The fourth-order valence-corrected chi connectivity index (χ4v) is 3.49. The quantitative estimate of drug-likeness (QED) is 0.869. The highest BCUT2D eigenvalue weighted by molar-refractivity contribution is 5.85. The summed E-state index contributed by atoms with van der Waals surface area (Å²) >= 11 is 0. The number of piperidine rings is 1. The predicted molar refractivity (Wildman–Crippen MR) is 103 cm³/mol. The molecule has 0 spiro atoms. The van der Waals surface area contributed by atoms with E-state index in [-0.39, 0.29) is 24.3 Å². The Balaban J connectivity index is 1.61. The molecule has 1 heterocycles. The maximum Gasteiger partial charge on any atom is 0.241 e. The van der Waals surface area contributed by atoms with Gasteiger partial charge in [0, 0.05) is 25.4 Å². The zero-order valence-electron chi connectivity index (χ0n) is 15.1. The van der Waals surface area contributed by atoms with E-state index in [1.807, 2.05) is 65.6 Å². The van der Waals surface area contributed by atoms with E-state index in [1.54, 1.807) is 0 Å². The van der Waals surface area contributed by atoms with Crippen LogP contribution in [0.3, 0.4) is 0 Å². The van der Waals surface area contributed by atoms with Crippen LogP contribution in [0.1, 0.15) is 42.7 Å². The molecule has 4 heteroatoms. The SMILES string of the molecule is O=C(CC(c1ccccc1)c1ccccc1)NCC(=O)N1CCCCC1. The lowest BCUT2D eigenvalue weighted by molar-refractivity contribution is -0.133. The van der Waals surface area contributed by atoms with E-state index in [9.17, 15) is 9.59 Å². The van der Waals surface area contributed by atoms with Gasteiger partial charge >= 0.3 is 0 Å². The molecule has 1 aliphatic heterocycles. The second kappa shape index (κ2) is 9.18. The van der Waals surface area contributed by atoms with Crippen LogP contribution in [0, 0.1) is 0 Å². The Morgan fingerprint density at radius 2 is 1.38 bits per heavy atom. The molecular formula is C22H26N2O2. The van der Waals surface area contributed by atoms with Gasteiger partial charge in [-0.2, -0.15) is 0 Å². The molecule has 1 saturated heterocycles. The normalized spacial score (nSPS) is 14.3. The van der Waals surface area contributed by atoms with E-state index in [1.165, 1.54) is 6.42 Å². The first-order chi connectivity index (χ1) is 12.7. The van der Waals surface area contributed by atoms with Gasteiger partial charge in [0.05, 0.1) is 6.54 Å². The van der Waals surface area contributed by atoms with Crippen molar-refractivity contribution in [3.05, 3.63) is 71.8 Å². The van der Waals surface area contributed by atoms with Gasteiger partial charge < -0.3 is 10.2 Å². The maximum absolute atomic E-state index is 12.5. The van der Waals surface area contributed by atoms with E-state index in [2.05, 4.69) is 5.32 Å². The highest BCUT2D eigenvalue weighted by Crippen LogP contribution is 2.27. The van der Waals surface area contributed by atoms with Crippen molar-refractivity contribution in [1.29, 1.82) is 0 Å². The molecule has 0 bridgehead atoms. The predicted octanol–water partition coefficient (Wildman–Crippen LogP) is 3.34. The van der Waals surface area contributed by atoms with Crippen LogP contribution in [0.5, 0.6) is 0 Å². The Bertz CT molecular complexity index is 670. The van der Waals surface area contributed by atoms with E-state index in [4.69, 9.17) is 0 Å². The minimum absolute atomic E-state index is 0.0116. The van der Waals surface area contributed by atoms with Crippen molar-refractivity contribution >= 4 is 11.8 Å². The van der Waals surface area contributed by atoms with Crippen molar-refractivity contribution in [2.45, 2.75) is 31.6 Å². The molecule has 1 aliphatic rings. The van der Waals surface area contributed by atoms with Gasteiger partial charge in [-0.1, -0.05) is 60.7 Å². The second-order valence-corrected chi connectivity index (χ2v) is 6.80. The zero-order valence-corrected chi connectivity index (χ0v) is 15.1. The lowest BCUT2D eigenvalue weighted by Crippen LogP contribution is -2.42. The molecule has 2 aromatic rings. The monoisotopic (exact) mass is 350 g/mol. The number of hydrogen-bond acceptors (Lipinski definition) is 2. The van der Waals surface area contributed by atoms with Crippen molar-refractivity contribution in [1.82, 2.24) is 10.2 Å². The number of nitrogens with one attached hydrogen (secondary N) is 1. The third kappa shape index (κ3) is 4.94. The summed E-state index contributed by atoms with van der Waals surface area (Å²) in [5.41, 5.74) is 2.22. The molecule has 4 nitrogen and oxygen atoms in total. The zero-order chi connectivity index (χ0) is 18.2. The Morgan fingerprint density at radius 1 is 0.846 bits per heavy atom. The lowest BCUT2D eigenvalue weighted by Gasteiger charge is -2.27. The molecule has 0 aromatic heterocycles. The summed E-state index contributed by atoms with van der Waals surface area (Å²) < 4.78 is 0. The van der Waals surface area contributed by atoms with Crippen molar-refractivity contribution < 1.29 is 9.59 Å². The summed E-state index contributed by atoms with van der Waals surface area (Å²) in [6.45, 7) is 1.71. The topological polar surface area (TPSA) is 49.4 Å². The second-order valence-electron chi connectivity index (χ2n) is 6.80. The molecule has 3 rings (SSSR count). The van der Waals surface area contributed by atoms with Gasteiger partial charge in [-0.15, -0.1) is 0 Å². The van der Waals surface area contributed by atoms with Crippen LogP contribution in [0.2, 0.25) is 0 Å². The highest BCUT2D eigenvalue weighted by atomic mass is 16.2. The summed E-state index contributed by atoms with van der Waals surface area (Å²) in [6, 6.07) is 20.1. The number of carbonyl (C=O) groups excluding carboxylic acids is 2. The average molecular weight is 350 g/mol. The molecule has 26 heavy (non-hydrogen) atoms. The molecule has 136 valence electrons. The minimum Gasteiger partial charge on any atom is -0.347 e. The van der Waals surface area contributed by atoms with Crippen molar-refractivity contribution in [2.75, 3.05) is 19.6 Å². The van der Waals surface area contributed by atoms with Gasteiger partial charge in [0.2, 0.25) is 11.8 Å². The largest absolute Gasteiger partial charge is 0.347 e. The van der Waals surface area contributed by atoms with Crippen LogP contribution in [-0.2, 0) is 9.59 Å². The van der Waals surface area contributed by atoms with Gasteiger partial charge in [0.15, 0.2) is 0 Å². The van der Waals surface area contributed by atoms with Crippen LogP contribution < -0.4 is 5.32 Å². The molecule has 1 fully saturated rings. The summed E-state index contributed by atoms with van der Waals surface area (Å²) in [7, 11) is 0. The highest BCUT2D eigenvalue weighted by Gasteiger charge is 2.20. The fraction of sp³-hybridized carbons (Fsp3) is 0.364. The lowest BCUT2D eigenvalue weighted by atomic mass is 9.88. The molecule has 0 unspecified atom stereocenters. The third-order valence-corrected chi connectivity index (χ3v) is 4.94. The molecule has 0 saturated carbocycles. The van der Waals surface area contributed by atoms with E-state index in [0.717, 1.165) is 37.1 Å². The summed E-state index contributed by atoms with van der Waals surface area (Å²) in [5, 5.41) is 2.82. The van der Waals surface area contributed by atoms with Crippen LogP contribution in [0.15, 0.2) is 60.7 Å². The van der Waals surface area contributed by atoms with E-state index in [0.29, 0.717) is 6.42 Å². The number of benzene rings is 2. The average Bonchev–Trinajstić information content (AvgIpc) is 2.72. The number of likely N-dealkylation sites (tertiary alicyclic amines) is 1. The van der Waals surface area contributed by atoms with Crippen molar-refractivity contribution in [3.8, 4) is 0 Å². The fourth-order valence-electron chi connectivity index (χ4n) is 3.49. The number of carbonyl (C=O) groups is 2.